The number of H-pyrrole nitrogens is 2. The van der Waals surface area contributed by atoms with Gasteiger partial charge in [-0.1, -0.05) is 41.4 Å². The number of aromatic amines is 2. The molecule has 7 heteroatoms. The number of halogens is 2. The Kier molecular flexibility index (Phi) is 4.11. The normalized spacial score (nSPS) is 11.3. The molecule has 0 saturated heterocycles. The van der Waals surface area contributed by atoms with Gasteiger partial charge in [0.1, 0.15) is 5.82 Å². The van der Waals surface area contributed by atoms with Gasteiger partial charge in [0, 0.05) is 28.4 Å². The van der Waals surface area contributed by atoms with Crippen LogP contribution in [-0.2, 0) is 13.0 Å². The molecule has 0 fully saturated rings. The third-order valence-corrected chi connectivity index (χ3v) is 4.58. The molecule has 0 spiro atoms. The first-order valence-electron chi connectivity index (χ1n) is 7.74. The fraction of sp³-hybridized carbons (Fsp3) is 0.111. The Bertz CT molecular complexity index is 1080. The van der Waals surface area contributed by atoms with Gasteiger partial charge in [0.05, 0.1) is 17.6 Å². The maximum Gasteiger partial charge on any atom is 0.326 e. The highest BCUT2D eigenvalue weighted by Crippen LogP contribution is 2.22. The smallest absolute Gasteiger partial charge is 0.326 e. The van der Waals surface area contributed by atoms with Crippen molar-refractivity contribution in [2.45, 2.75) is 13.0 Å². The van der Waals surface area contributed by atoms with Crippen LogP contribution in [0.2, 0.25) is 10.0 Å². The number of nitrogens with zero attached hydrogens (tertiary/aromatic N) is 2. The van der Waals surface area contributed by atoms with Crippen LogP contribution in [-0.4, -0.2) is 19.5 Å². The molecule has 2 aromatic carbocycles. The van der Waals surface area contributed by atoms with Crippen molar-refractivity contribution in [2.75, 3.05) is 0 Å². The molecule has 0 atom stereocenters. The molecular formula is C18H14Cl2N4O. The molecule has 0 amide bonds. The van der Waals surface area contributed by atoms with Crippen molar-refractivity contribution in [3.8, 4) is 0 Å². The van der Waals surface area contributed by atoms with Gasteiger partial charge in [-0.3, -0.25) is 4.57 Å². The molecule has 0 bridgehead atoms. The zero-order chi connectivity index (χ0) is 17.4. The lowest BCUT2D eigenvalue weighted by atomic mass is 10.1. The Morgan fingerprint density at radius 1 is 1.08 bits per heavy atom. The molecule has 0 aliphatic carbocycles. The predicted molar refractivity (Wildman–Crippen MR) is 99.5 cm³/mol. The lowest BCUT2D eigenvalue weighted by molar-refractivity contribution is 0.729. The first-order chi connectivity index (χ1) is 12.1. The molecule has 5 nitrogen and oxygen atoms in total. The number of aromatic nitrogens is 4. The lowest BCUT2D eigenvalue weighted by Gasteiger charge is -2.02. The summed E-state index contributed by atoms with van der Waals surface area (Å²) < 4.78 is 1.59. The lowest BCUT2D eigenvalue weighted by Crippen LogP contribution is -2.17. The van der Waals surface area contributed by atoms with E-state index in [9.17, 15) is 4.79 Å². The number of hydrogen-bond acceptors (Lipinski definition) is 2. The van der Waals surface area contributed by atoms with Crippen LogP contribution in [0.5, 0.6) is 0 Å². The third kappa shape index (κ3) is 3.34. The van der Waals surface area contributed by atoms with Gasteiger partial charge in [-0.15, -0.1) is 0 Å². The van der Waals surface area contributed by atoms with Crippen LogP contribution in [0.3, 0.4) is 0 Å². The summed E-state index contributed by atoms with van der Waals surface area (Å²) in [6.07, 6.45) is 2.32. The monoisotopic (exact) mass is 372 g/mol. The van der Waals surface area contributed by atoms with E-state index in [-0.39, 0.29) is 5.69 Å². The topological polar surface area (TPSA) is 66.5 Å². The van der Waals surface area contributed by atoms with Crippen molar-refractivity contribution < 1.29 is 0 Å². The second-order valence-electron chi connectivity index (χ2n) is 5.83. The first-order valence-corrected chi connectivity index (χ1v) is 8.50. The van der Waals surface area contributed by atoms with Crippen LogP contribution >= 0.6 is 23.2 Å². The summed E-state index contributed by atoms with van der Waals surface area (Å²) in [5.41, 5.74) is 3.34. The number of benzene rings is 2. The zero-order valence-corrected chi connectivity index (χ0v) is 14.6. The number of imidazole rings is 2. The average Bonchev–Trinajstić information content (AvgIpc) is 3.13. The number of rotatable bonds is 4. The minimum absolute atomic E-state index is 0.180. The summed E-state index contributed by atoms with van der Waals surface area (Å²) in [6, 6.07) is 13.1. The van der Waals surface area contributed by atoms with E-state index in [0.29, 0.717) is 23.0 Å². The van der Waals surface area contributed by atoms with Gasteiger partial charge in [-0.25, -0.2) is 9.78 Å². The van der Waals surface area contributed by atoms with Crippen LogP contribution < -0.4 is 5.69 Å². The standard InChI is InChI=1S/C18H14Cl2N4O/c19-12-6-5-11(14(20)8-12)7-13-9-24(18(25)21-13)10-17-22-15-3-1-2-4-16(15)23-17/h1-6,8-9H,7,10H2,(H,21,25)(H,22,23). The Balaban J connectivity index is 1.58. The Labute approximate surface area is 153 Å². The number of nitrogens with one attached hydrogen (secondary N) is 2. The highest BCUT2D eigenvalue weighted by atomic mass is 35.5. The van der Waals surface area contributed by atoms with Crippen molar-refractivity contribution in [2.24, 2.45) is 0 Å². The summed E-state index contributed by atoms with van der Waals surface area (Å²) in [6.45, 7) is 0.373. The summed E-state index contributed by atoms with van der Waals surface area (Å²) >= 11 is 12.1. The summed E-state index contributed by atoms with van der Waals surface area (Å²) in [5, 5.41) is 1.17. The van der Waals surface area contributed by atoms with E-state index >= 15 is 0 Å². The van der Waals surface area contributed by atoms with Crippen LogP contribution in [0.15, 0.2) is 53.5 Å². The largest absolute Gasteiger partial charge is 0.340 e. The van der Waals surface area contributed by atoms with Gasteiger partial charge >= 0.3 is 5.69 Å². The van der Waals surface area contributed by atoms with E-state index in [1.54, 1.807) is 22.9 Å². The SMILES string of the molecule is O=c1[nH]c(Cc2ccc(Cl)cc2Cl)cn1Cc1nc2ccccc2[nH]1. The van der Waals surface area contributed by atoms with Crippen molar-refractivity contribution in [1.29, 1.82) is 0 Å². The molecule has 2 aromatic heterocycles. The van der Waals surface area contributed by atoms with Crippen molar-refractivity contribution >= 4 is 34.2 Å². The van der Waals surface area contributed by atoms with E-state index in [1.165, 1.54) is 0 Å². The Morgan fingerprint density at radius 3 is 2.72 bits per heavy atom. The van der Waals surface area contributed by atoms with E-state index in [4.69, 9.17) is 23.2 Å². The Morgan fingerprint density at radius 2 is 1.92 bits per heavy atom. The molecule has 2 N–H and O–H groups in total. The molecule has 4 rings (SSSR count). The second kappa shape index (κ2) is 6.43. The highest BCUT2D eigenvalue weighted by molar-refractivity contribution is 6.35. The van der Waals surface area contributed by atoms with Crippen LogP contribution in [0, 0.1) is 0 Å². The first kappa shape index (κ1) is 16.0. The Hall–Kier alpha value is -2.50. The van der Waals surface area contributed by atoms with Gasteiger partial charge in [0.25, 0.3) is 0 Å². The van der Waals surface area contributed by atoms with Crippen LogP contribution in [0.1, 0.15) is 17.1 Å². The molecule has 0 radical (unpaired) electrons. The van der Waals surface area contributed by atoms with E-state index in [0.717, 1.165) is 28.1 Å². The minimum Gasteiger partial charge on any atom is -0.340 e. The van der Waals surface area contributed by atoms with Crippen molar-refractivity contribution in [3.63, 3.8) is 0 Å². The average molecular weight is 373 g/mol. The van der Waals surface area contributed by atoms with Crippen molar-refractivity contribution in [3.05, 3.63) is 86.3 Å². The van der Waals surface area contributed by atoms with E-state index in [1.807, 2.05) is 30.3 Å². The number of hydrogen-bond donors (Lipinski definition) is 2. The quantitative estimate of drug-likeness (QED) is 0.568. The van der Waals surface area contributed by atoms with Gasteiger partial charge in [-0.05, 0) is 29.8 Å². The number of fused-ring (bicyclic) bond motifs is 1. The zero-order valence-electron chi connectivity index (χ0n) is 13.1. The molecule has 4 aromatic rings. The van der Waals surface area contributed by atoms with Gasteiger partial charge in [-0.2, -0.15) is 0 Å². The molecule has 0 saturated carbocycles. The van der Waals surface area contributed by atoms with E-state index < -0.39 is 0 Å². The third-order valence-electron chi connectivity index (χ3n) is 3.99. The molecule has 0 aliphatic rings. The van der Waals surface area contributed by atoms with Crippen LogP contribution in [0.25, 0.3) is 11.0 Å². The summed E-state index contributed by atoms with van der Waals surface area (Å²) in [7, 11) is 0. The second-order valence-corrected chi connectivity index (χ2v) is 6.67. The molecule has 2 heterocycles. The molecule has 0 unspecified atom stereocenters. The molecule has 0 aliphatic heterocycles. The fourth-order valence-corrected chi connectivity index (χ4v) is 3.28. The minimum atomic E-state index is -0.180. The van der Waals surface area contributed by atoms with Gasteiger partial charge in [0.2, 0.25) is 0 Å². The van der Waals surface area contributed by atoms with Gasteiger partial charge < -0.3 is 9.97 Å². The predicted octanol–water partition coefficient (Wildman–Crippen LogP) is 4.00. The van der Waals surface area contributed by atoms with E-state index in [2.05, 4.69) is 15.0 Å². The van der Waals surface area contributed by atoms with Crippen LogP contribution in [0.4, 0.5) is 0 Å². The maximum atomic E-state index is 12.2. The highest BCUT2D eigenvalue weighted by Gasteiger charge is 2.09. The fourth-order valence-electron chi connectivity index (χ4n) is 2.81. The summed E-state index contributed by atoms with van der Waals surface area (Å²) in [5.74, 6) is 0.735. The molecular weight excluding hydrogens is 359 g/mol. The maximum absolute atomic E-state index is 12.2. The molecule has 126 valence electrons. The molecule has 25 heavy (non-hydrogen) atoms. The van der Waals surface area contributed by atoms with Crippen molar-refractivity contribution in [1.82, 2.24) is 19.5 Å². The summed E-state index contributed by atoms with van der Waals surface area (Å²) in [4.78, 5) is 22.8. The van der Waals surface area contributed by atoms with Gasteiger partial charge in [0.15, 0.2) is 0 Å². The number of para-hydroxylation sites is 2.